The number of rotatable bonds is 4. The summed E-state index contributed by atoms with van der Waals surface area (Å²) < 4.78 is 12.1. The largest absolute Gasteiger partial charge is 0.459 e. The standard InChI is InChI=1S/C26H28N6O2S/c1-13(18-10-14-11-19(14)30-18)33-25-29-9-6-17(31-25)22-15-4-2-7-26(23(15)32-34-22)8-3-5-20-21(26)16(12-27)24(28)35-20/h6,9,13-14,18-19,30H,2-5,7-8,10-11,28H2,1H3/t13-,14+,18-,19-,26-/m0/s1. The number of aromatic nitrogens is 3. The summed E-state index contributed by atoms with van der Waals surface area (Å²) in [5.41, 5.74) is 10.4. The van der Waals surface area contributed by atoms with Crippen molar-refractivity contribution in [3.8, 4) is 23.5 Å². The van der Waals surface area contributed by atoms with Gasteiger partial charge in [0.15, 0.2) is 5.76 Å². The van der Waals surface area contributed by atoms with Crippen molar-refractivity contribution in [3.63, 3.8) is 0 Å². The Kier molecular flexibility index (Phi) is 4.74. The van der Waals surface area contributed by atoms with E-state index in [1.807, 2.05) is 6.07 Å². The second kappa shape index (κ2) is 7.77. The van der Waals surface area contributed by atoms with Gasteiger partial charge in [-0.1, -0.05) is 5.16 Å². The number of aryl methyl sites for hydroxylation is 1. The maximum Gasteiger partial charge on any atom is 0.317 e. The molecule has 3 aromatic heterocycles. The van der Waals surface area contributed by atoms with Crippen LogP contribution in [0.15, 0.2) is 16.8 Å². The summed E-state index contributed by atoms with van der Waals surface area (Å²) in [6.07, 6.45) is 9.98. The van der Waals surface area contributed by atoms with Crippen LogP contribution in [-0.2, 0) is 18.3 Å². The number of hydrogen-bond acceptors (Lipinski definition) is 9. The van der Waals surface area contributed by atoms with Crippen LogP contribution in [0.4, 0.5) is 5.00 Å². The third-order valence-corrected chi connectivity index (χ3v) is 9.59. The predicted octanol–water partition coefficient (Wildman–Crippen LogP) is 4.12. The normalized spacial score (nSPS) is 29.2. The van der Waals surface area contributed by atoms with Gasteiger partial charge in [0, 0.05) is 34.1 Å². The Bertz CT molecular complexity index is 1340. The molecular weight excluding hydrogens is 460 g/mol. The molecule has 3 aromatic rings. The van der Waals surface area contributed by atoms with Crippen molar-refractivity contribution in [1.82, 2.24) is 20.4 Å². The van der Waals surface area contributed by atoms with E-state index < -0.39 is 0 Å². The van der Waals surface area contributed by atoms with Crippen molar-refractivity contribution in [1.29, 1.82) is 5.26 Å². The lowest BCUT2D eigenvalue weighted by atomic mass is 9.62. The fourth-order valence-electron chi connectivity index (χ4n) is 6.74. The number of nitrogens with one attached hydrogen (secondary N) is 1. The smallest absolute Gasteiger partial charge is 0.317 e. The Balaban J connectivity index is 1.23. The molecule has 1 spiro atoms. The molecule has 1 aliphatic heterocycles. The molecule has 0 radical (unpaired) electrons. The number of thiophene rings is 1. The molecule has 0 amide bonds. The minimum Gasteiger partial charge on any atom is -0.459 e. The van der Waals surface area contributed by atoms with Crippen LogP contribution in [-0.4, -0.2) is 33.3 Å². The highest BCUT2D eigenvalue weighted by molar-refractivity contribution is 7.16. The summed E-state index contributed by atoms with van der Waals surface area (Å²) >= 11 is 1.56. The number of fused-ring (bicyclic) bond motifs is 5. The van der Waals surface area contributed by atoms with E-state index in [2.05, 4.69) is 28.5 Å². The molecule has 0 bridgehead atoms. The fraction of sp³-hybridized carbons (Fsp3) is 0.538. The average Bonchev–Trinajstić information content (AvgIpc) is 3.19. The Morgan fingerprint density at radius 2 is 2.17 bits per heavy atom. The first-order chi connectivity index (χ1) is 17.1. The molecule has 0 aromatic carbocycles. The van der Waals surface area contributed by atoms with Gasteiger partial charge in [-0.25, -0.2) is 4.98 Å². The molecule has 3 aliphatic carbocycles. The third kappa shape index (κ3) is 3.23. The minimum absolute atomic E-state index is 0.000859. The molecule has 0 unspecified atom stereocenters. The van der Waals surface area contributed by atoms with Gasteiger partial charge in [0.25, 0.3) is 0 Å². The number of nitrogen functional groups attached to an aromatic ring is 1. The zero-order valence-electron chi connectivity index (χ0n) is 19.7. The predicted molar refractivity (Wildman–Crippen MR) is 131 cm³/mol. The van der Waals surface area contributed by atoms with Crippen molar-refractivity contribution in [2.45, 2.75) is 81.9 Å². The Labute approximate surface area is 207 Å². The Morgan fingerprint density at radius 1 is 1.31 bits per heavy atom. The molecular formula is C26H28N6O2S. The van der Waals surface area contributed by atoms with E-state index in [1.54, 1.807) is 17.5 Å². The van der Waals surface area contributed by atoms with E-state index in [4.69, 9.17) is 20.0 Å². The van der Waals surface area contributed by atoms with Gasteiger partial charge in [0.1, 0.15) is 22.9 Å². The number of ether oxygens (including phenoxy) is 1. The molecule has 8 nitrogen and oxygen atoms in total. The summed E-state index contributed by atoms with van der Waals surface area (Å²) in [6.45, 7) is 2.08. The van der Waals surface area contributed by atoms with Crippen LogP contribution in [0.3, 0.4) is 0 Å². The molecule has 3 N–H and O–H groups in total. The summed E-state index contributed by atoms with van der Waals surface area (Å²) in [5.74, 6) is 1.50. The highest BCUT2D eigenvalue weighted by Crippen LogP contribution is 2.54. The van der Waals surface area contributed by atoms with Crippen molar-refractivity contribution in [2.75, 3.05) is 5.73 Å². The number of nitrogens with zero attached hydrogens (tertiary/aromatic N) is 4. The fourth-order valence-corrected chi connectivity index (χ4v) is 7.90. The monoisotopic (exact) mass is 488 g/mol. The molecule has 180 valence electrons. The number of nitriles is 1. The van der Waals surface area contributed by atoms with Crippen molar-refractivity contribution in [3.05, 3.63) is 39.5 Å². The number of nitrogens with two attached hydrogens (primary N) is 1. The zero-order chi connectivity index (χ0) is 23.7. The van der Waals surface area contributed by atoms with E-state index in [0.29, 0.717) is 40.1 Å². The van der Waals surface area contributed by atoms with Crippen LogP contribution in [0.1, 0.15) is 72.7 Å². The van der Waals surface area contributed by atoms with Gasteiger partial charge in [-0.3, -0.25) is 0 Å². The van der Waals surface area contributed by atoms with Gasteiger partial charge in [0.2, 0.25) is 0 Å². The van der Waals surface area contributed by atoms with Crippen LogP contribution in [0.2, 0.25) is 0 Å². The first-order valence-electron chi connectivity index (χ1n) is 12.6. The van der Waals surface area contributed by atoms with E-state index in [-0.39, 0.29) is 11.5 Å². The topological polar surface area (TPSA) is 123 Å². The maximum absolute atomic E-state index is 9.90. The summed E-state index contributed by atoms with van der Waals surface area (Å²) in [7, 11) is 0. The molecule has 1 saturated carbocycles. The van der Waals surface area contributed by atoms with Crippen molar-refractivity contribution in [2.24, 2.45) is 5.92 Å². The molecule has 35 heavy (non-hydrogen) atoms. The molecule has 1 saturated heterocycles. The van der Waals surface area contributed by atoms with E-state index in [1.165, 1.54) is 11.3 Å². The van der Waals surface area contributed by atoms with Gasteiger partial charge in [-0.2, -0.15) is 10.2 Å². The number of hydrogen-bond donors (Lipinski definition) is 2. The van der Waals surface area contributed by atoms with Gasteiger partial charge < -0.3 is 20.3 Å². The zero-order valence-corrected chi connectivity index (χ0v) is 20.5. The van der Waals surface area contributed by atoms with E-state index >= 15 is 0 Å². The summed E-state index contributed by atoms with van der Waals surface area (Å²) in [5, 5.41) is 18.8. The molecule has 2 fully saturated rings. The van der Waals surface area contributed by atoms with Gasteiger partial charge in [-0.15, -0.1) is 11.3 Å². The van der Waals surface area contributed by atoms with Crippen LogP contribution < -0.4 is 15.8 Å². The lowest BCUT2D eigenvalue weighted by Crippen LogP contribution is -2.39. The first-order valence-corrected chi connectivity index (χ1v) is 13.5. The van der Waals surface area contributed by atoms with Crippen LogP contribution in [0, 0.1) is 17.2 Å². The Hall–Kier alpha value is -2.96. The van der Waals surface area contributed by atoms with E-state index in [0.717, 1.165) is 67.7 Å². The Morgan fingerprint density at radius 3 is 2.97 bits per heavy atom. The number of anilines is 1. The third-order valence-electron chi connectivity index (χ3n) is 8.51. The summed E-state index contributed by atoms with van der Waals surface area (Å²) in [6, 6.07) is 5.63. The summed E-state index contributed by atoms with van der Waals surface area (Å²) in [4.78, 5) is 10.3. The molecule has 4 heterocycles. The minimum atomic E-state index is -0.308. The second-order valence-electron chi connectivity index (χ2n) is 10.5. The highest BCUT2D eigenvalue weighted by atomic mass is 32.1. The second-order valence-corrected chi connectivity index (χ2v) is 11.7. The lowest BCUT2D eigenvalue weighted by Gasteiger charge is -2.39. The van der Waals surface area contributed by atoms with Crippen LogP contribution >= 0.6 is 11.3 Å². The van der Waals surface area contributed by atoms with Crippen LogP contribution in [0.25, 0.3) is 11.5 Å². The quantitative estimate of drug-likeness (QED) is 0.562. The molecule has 4 aliphatic rings. The molecule has 7 rings (SSSR count). The first kappa shape index (κ1) is 21.3. The highest BCUT2D eigenvalue weighted by Gasteiger charge is 2.49. The van der Waals surface area contributed by atoms with Gasteiger partial charge in [-0.05, 0) is 75.8 Å². The van der Waals surface area contributed by atoms with Crippen LogP contribution in [0.5, 0.6) is 6.01 Å². The molecule has 5 atom stereocenters. The lowest BCUT2D eigenvalue weighted by molar-refractivity contribution is 0.159. The van der Waals surface area contributed by atoms with Gasteiger partial charge >= 0.3 is 6.01 Å². The molecule has 9 heteroatoms. The average molecular weight is 489 g/mol. The van der Waals surface area contributed by atoms with E-state index in [9.17, 15) is 5.26 Å². The van der Waals surface area contributed by atoms with Crippen molar-refractivity contribution >= 4 is 16.3 Å². The van der Waals surface area contributed by atoms with Crippen molar-refractivity contribution < 1.29 is 9.26 Å². The van der Waals surface area contributed by atoms with Gasteiger partial charge in [0.05, 0.1) is 11.3 Å². The number of piperidine rings is 1. The maximum atomic E-state index is 9.90. The SMILES string of the molecule is C[C@H](Oc1nccc(-c2onc3c2CCC[C@@]32CCCc3sc(N)c(C#N)c32)n1)[C@@H]1C[C@@H]2C[C@@H]2N1.